The quantitative estimate of drug-likeness (QED) is 0.627. The third-order valence-corrected chi connectivity index (χ3v) is 3.05. The van der Waals surface area contributed by atoms with Crippen molar-refractivity contribution in [2.24, 2.45) is 5.73 Å². The van der Waals surface area contributed by atoms with Gasteiger partial charge in [-0.3, -0.25) is 10.3 Å². The van der Waals surface area contributed by atoms with Gasteiger partial charge in [0.15, 0.2) is 0 Å². The summed E-state index contributed by atoms with van der Waals surface area (Å²) < 4.78 is 42.8. The van der Waals surface area contributed by atoms with Crippen LogP contribution in [0.15, 0.2) is 18.2 Å². The molecular weight excluding hydrogens is 283 g/mol. The van der Waals surface area contributed by atoms with Crippen LogP contribution in [0, 0.1) is 5.41 Å². The van der Waals surface area contributed by atoms with Crippen molar-refractivity contribution >= 4 is 5.84 Å². The molecule has 1 aromatic rings. The maximum absolute atomic E-state index is 12.6. The highest BCUT2D eigenvalue weighted by Gasteiger charge is 2.31. The fourth-order valence-electron chi connectivity index (χ4n) is 1.94. The van der Waals surface area contributed by atoms with Gasteiger partial charge in [-0.2, -0.15) is 13.2 Å². The van der Waals surface area contributed by atoms with Crippen molar-refractivity contribution in [3.63, 3.8) is 0 Å². The summed E-state index contributed by atoms with van der Waals surface area (Å²) in [5.74, 6) is 0.241. The van der Waals surface area contributed by atoms with Gasteiger partial charge in [-0.1, -0.05) is 6.07 Å². The molecule has 4 nitrogen and oxygen atoms in total. The molecule has 0 aliphatic carbocycles. The van der Waals surface area contributed by atoms with Crippen molar-refractivity contribution in [2.45, 2.75) is 32.6 Å². The molecule has 0 aliphatic rings. The van der Waals surface area contributed by atoms with Crippen LogP contribution in [0.3, 0.4) is 0 Å². The Morgan fingerprint density at radius 2 is 2.00 bits per heavy atom. The van der Waals surface area contributed by atoms with Crippen molar-refractivity contribution in [3.05, 3.63) is 29.3 Å². The third-order valence-electron chi connectivity index (χ3n) is 3.05. The second kappa shape index (κ2) is 6.80. The van der Waals surface area contributed by atoms with Crippen molar-refractivity contribution in [2.75, 3.05) is 13.7 Å². The lowest BCUT2D eigenvalue weighted by molar-refractivity contribution is -0.150. The lowest BCUT2D eigenvalue weighted by atomic mass is 10.1. The van der Waals surface area contributed by atoms with Gasteiger partial charge in [0, 0.05) is 12.6 Å². The largest absolute Gasteiger partial charge is 0.496 e. The number of nitrogens with one attached hydrogen (secondary N) is 1. The Bertz CT molecular complexity index is 501. The molecule has 118 valence electrons. The van der Waals surface area contributed by atoms with Crippen LogP contribution in [0.25, 0.3) is 0 Å². The van der Waals surface area contributed by atoms with Crippen molar-refractivity contribution < 1.29 is 17.9 Å². The van der Waals surface area contributed by atoms with Gasteiger partial charge in [0.1, 0.15) is 11.6 Å². The maximum Gasteiger partial charge on any atom is 0.401 e. The highest BCUT2D eigenvalue weighted by atomic mass is 19.4. The number of ether oxygens (including phenoxy) is 1. The lowest BCUT2D eigenvalue weighted by Crippen LogP contribution is -2.38. The molecule has 0 aliphatic heterocycles. The minimum absolute atomic E-state index is 0.144. The van der Waals surface area contributed by atoms with Crippen LogP contribution in [-0.2, 0) is 6.54 Å². The van der Waals surface area contributed by atoms with Gasteiger partial charge in [-0.05, 0) is 31.5 Å². The summed E-state index contributed by atoms with van der Waals surface area (Å²) in [6.07, 6.45) is -4.24. The van der Waals surface area contributed by atoms with E-state index in [2.05, 4.69) is 0 Å². The van der Waals surface area contributed by atoms with Gasteiger partial charge in [0.05, 0.1) is 19.2 Å². The molecule has 21 heavy (non-hydrogen) atoms. The molecule has 1 aromatic carbocycles. The molecule has 0 fully saturated rings. The zero-order valence-corrected chi connectivity index (χ0v) is 12.3. The van der Waals surface area contributed by atoms with E-state index >= 15 is 0 Å². The molecule has 7 heteroatoms. The fraction of sp³-hybridized carbons (Fsp3) is 0.500. The van der Waals surface area contributed by atoms with E-state index in [0.29, 0.717) is 16.9 Å². The third kappa shape index (κ3) is 5.26. The molecular formula is C14H20F3N3O. The highest BCUT2D eigenvalue weighted by Crippen LogP contribution is 2.23. The minimum Gasteiger partial charge on any atom is -0.496 e. The lowest BCUT2D eigenvalue weighted by Gasteiger charge is -2.27. The second-order valence-corrected chi connectivity index (χ2v) is 5.06. The first-order valence-corrected chi connectivity index (χ1v) is 6.46. The predicted molar refractivity (Wildman–Crippen MR) is 75.6 cm³/mol. The second-order valence-electron chi connectivity index (χ2n) is 5.06. The Hall–Kier alpha value is -1.76. The summed E-state index contributed by atoms with van der Waals surface area (Å²) in [6, 6.07) is 4.61. The zero-order valence-electron chi connectivity index (χ0n) is 12.3. The molecule has 0 heterocycles. The average molecular weight is 303 g/mol. The Morgan fingerprint density at radius 1 is 1.38 bits per heavy atom. The summed E-state index contributed by atoms with van der Waals surface area (Å²) in [5.41, 5.74) is 6.52. The fourth-order valence-corrected chi connectivity index (χ4v) is 1.94. The molecule has 3 N–H and O–H groups in total. The molecule has 0 unspecified atom stereocenters. The molecule has 0 bridgehead atoms. The number of amidine groups is 1. The highest BCUT2D eigenvalue weighted by molar-refractivity contribution is 5.97. The SMILES string of the molecule is COc1cc(CN(CC(F)(F)F)C(C)C)ccc1C(=N)N. The van der Waals surface area contributed by atoms with E-state index in [-0.39, 0.29) is 18.4 Å². The molecule has 0 atom stereocenters. The summed E-state index contributed by atoms with van der Waals surface area (Å²) in [6.45, 7) is 2.60. The summed E-state index contributed by atoms with van der Waals surface area (Å²) in [5, 5.41) is 7.42. The summed E-state index contributed by atoms with van der Waals surface area (Å²) >= 11 is 0. The number of benzene rings is 1. The number of hydrogen-bond acceptors (Lipinski definition) is 3. The van der Waals surface area contributed by atoms with Gasteiger partial charge in [-0.25, -0.2) is 0 Å². The summed E-state index contributed by atoms with van der Waals surface area (Å²) in [7, 11) is 1.43. The molecule has 0 radical (unpaired) electrons. The topological polar surface area (TPSA) is 62.3 Å². The number of nitrogen functional groups attached to an aromatic ring is 1. The van der Waals surface area contributed by atoms with Crippen molar-refractivity contribution in [1.29, 1.82) is 5.41 Å². The molecule has 0 aromatic heterocycles. The van der Waals surface area contributed by atoms with Crippen molar-refractivity contribution in [1.82, 2.24) is 4.90 Å². The van der Waals surface area contributed by atoms with Crippen LogP contribution in [0.1, 0.15) is 25.0 Å². The van der Waals surface area contributed by atoms with E-state index < -0.39 is 12.7 Å². The van der Waals surface area contributed by atoms with Crippen LogP contribution in [0.5, 0.6) is 5.75 Å². The predicted octanol–water partition coefficient (Wildman–Crippen LogP) is 2.75. The number of rotatable bonds is 6. The van der Waals surface area contributed by atoms with Gasteiger partial charge >= 0.3 is 6.18 Å². The Kier molecular flexibility index (Phi) is 5.60. The van der Waals surface area contributed by atoms with Gasteiger partial charge in [0.25, 0.3) is 0 Å². The minimum atomic E-state index is -4.24. The molecule has 0 spiro atoms. The van der Waals surface area contributed by atoms with Crippen LogP contribution in [0.4, 0.5) is 13.2 Å². The first-order valence-electron chi connectivity index (χ1n) is 6.46. The van der Waals surface area contributed by atoms with E-state index in [1.165, 1.54) is 12.0 Å². The van der Waals surface area contributed by atoms with Crippen molar-refractivity contribution in [3.8, 4) is 5.75 Å². The molecule has 0 saturated carbocycles. The standard InChI is InChI=1S/C14H20F3N3O/c1-9(2)20(8-14(15,16)17)7-10-4-5-11(13(18)19)12(6-10)21-3/h4-6,9H,7-8H2,1-3H3,(H3,18,19). The molecule has 0 amide bonds. The zero-order chi connectivity index (χ0) is 16.2. The molecule has 0 saturated heterocycles. The number of nitrogens with two attached hydrogens (primary N) is 1. The smallest absolute Gasteiger partial charge is 0.401 e. The van der Waals surface area contributed by atoms with Crippen LogP contribution in [0.2, 0.25) is 0 Å². The first kappa shape index (κ1) is 17.3. The number of nitrogens with zero attached hydrogens (tertiary/aromatic N) is 1. The molecule has 1 rings (SSSR count). The number of methoxy groups -OCH3 is 1. The number of alkyl halides is 3. The van der Waals surface area contributed by atoms with Crippen LogP contribution >= 0.6 is 0 Å². The summed E-state index contributed by atoms with van der Waals surface area (Å²) in [4.78, 5) is 1.32. The van der Waals surface area contributed by atoms with Crippen LogP contribution < -0.4 is 10.5 Å². The number of halogens is 3. The van der Waals surface area contributed by atoms with Crippen LogP contribution in [-0.4, -0.2) is 36.6 Å². The average Bonchev–Trinajstić information content (AvgIpc) is 2.35. The Morgan fingerprint density at radius 3 is 2.43 bits per heavy atom. The van der Waals surface area contributed by atoms with Gasteiger partial charge in [-0.15, -0.1) is 0 Å². The Labute approximate surface area is 122 Å². The maximum atomic E-state index is 12.6. The van der Waals surface area contributed by atoms with E-state index in [0.717, 1.165) is 0 Å². The van der Waals surface area contributed by atoms with E-state index in [1.54, 1.807) is 32.0 Å². The monoisotopic (exact) mass is 303 g/mol. The van der Waals surface area contributed by atoms with E-state index in [4.69, 9.17) is 15.9 Å². The first-order chi connectivity index (χ1) is 9.64. The number of hydrogen-bond donors (Lipinski definition) is 2. The van der Waals surface area contributed by atoms with E-state index in [1.807, 2.05) is 0 Å². The normalized spacial score (nSPS) is 12.0. The van der Waals surface area contributed by atoms with E-state index in [9.17, 15) is 13.2 Å². The van der Waals surface area contributed by atoms with Gasteiger partial charge in [0.2, 0.25) is 0 Å². The van der Waals surface area contributed by atoms with Gasteiger partial charge < -0.3 is 10.5 Å². The Balaban J connectivity index is 2.97.